The molecule has 1 nitrogen and oxygen atoms in total. The molecule has 2 aromatic carbocycles. The summed E-state index contributed by atoms with van der Waals surface area (Å²) in [5.41, 5.74) is 6.92. The molecule has 0 bridgehead atoms. The minimum Gasteiger partial charge on any atom is -0.385 e. The molecule has 0 saturated carbocycles. The zero-order chi connectivity index (χ0) is 14.1. The fourth-order valence-corrected chi connectivity index (χ4v) is 3.75. The van der Waals surface area contributed by atoms with Crippen LogP contribution >= 0.6 is 11.3 Å². The maximum absolute atomic E-state index is 3.55. The van der Waals surface area contributed by atoms with Crippen molar-refractivity contribution in [2.24, 2.45) is 0 Å². The molecule has 1 aliphatic carbocycles. The van der Waals surface area contributed by atoms with E-state index >= 15 is 0 Å². The van der Waals surface area contributed by atoms with Crippen LogP contribution in [0.15, 0.2) is 60.0 Å². The summed E-state index contributed by atoms with van der Waals surface area (Å²) in [5.74, 6) is 0. The predicted molar refractivity (Wildman–Crippen MR) is 91.2 cm³/mol. The lowest BCUT2D eigenvalue weighted by molar-refractivity contribution is 1.04. The van der Waals surface area contributed by atoms with Gasteiger partial charge < -0.3 is 5.32 Å². The maximum atomic E-state index is 3.55. The molecule has 1 heterocycles. The Labute approximate surface area is 129 Å². The highest BCUT2D eigenvalue weighted by atomic mass is 32.1. The van der Waals surface area contributed by atoms with E-state index in [1.807, 2.05) is 11.3 Å². The highest BCUT2D eigenvalue weighted by Gasteiger charge is 2.17. The van der Waals surface area contributed by atoms with E-state index in [1.165, 1.54) is 32.8 Å². The molecule has 0 fully saturated rings. The van der Waals surface area contributed by atoms with Gasteiger partial charge in [0, 0.05) is 17.1 Å². The van der Waals surface area contributed by atoms with Gasteiger partial charge in [0.05, 0.1) is 0 Å². The van der Waals surface area contributed by atoms with Gasteiger partial charge in [-0.2, -0.15) is 0 Å². The number of benzene rings is 2. The third-order valence-corrected chi connectivity index (χ3v) is 5.01. The van der Waals surface area contributed by atoms with Gasteiger partial charge in [0.25, 0.3) is 0 Å². The molecule has 0 amide bonds. The third kappa shape index (κ3) is 2.47. The fourth-order valence-electron chi connectivity index (χ4n) is 3.04. The quantitative estimate of drug-likeness (QED) is 0.559. The van der Waals surface area contributed by atoms with Crippen LogP contribution < -0.4 is 5.32 Å². The van der Waals surface area contributed by atoms with E-state index in [1.54, 1.807) is 0 Å². The maximum Gasteiger partial charge on any atom is 0.0343 e. The van der Waals surface area contributed by atoms with Crippen LogP contribution in [0.4, 0.5) is 5.69 Å². The van der Waals surface area contributed by atoms with Crippen molar-refractivity contribution in [2.45, 2.75) is 12.8 Å². The Hall–Kier alpha value is -2.06. The Morgan fingerprint density at radius 3 is 2.71 bits per heavy atom. The van der Waals surface area contributed by atoms with Gasteiger partial charge in [-0.15, -0.1) is 11.3 Å². The van der Waals surface area contributed by atoms with Gasteiger partial charge >= 0.3 is 0 Å². The largest absolute Gasteiger partial charge is 0.385 e. The zero-order valence-corrected chi connectivity index (χ0v) is 12.6. The van der Waals surface area contributed by atoms with Crippen molar-refractivity contribution in [1.82, 2.24) is 0 Å². The summed E-state index contributed by atoms with van der Waals surface area (Å²) < 4.78 is 0. The molecular weight excluding hydrogens is 274 g/mol. The second-order valence-corrected chi connectivity index (χ2v) is 6.49. The van der Waals surface area contributed by atoms with Crippen LogP contribution in [0.25, 0.3) is 11.1 Å². The molecule has 0 unspecified atom stereocenters. The van der Waals surface area contributed by atoms with Crippen molar-refractivity contribution in [2.75, 3.05) is 11.9 Å². The van der Waals surface area contributed by atoms with E-state index in [9.17, 15) is 0 Å². The number of anilines is 1. The van der Waals surface area contributed by atoms with Crippen LogP contribution in [0.3, 0.4) is 0 Å². The van der Waals surface area contributed by atoms with Gasteiger partial charge in [-0.3, -0.25) is 0 Å². The fraction of sp³-hybridized carbons (Fsp3) is 0.158. The molecule has 4 rings (SSSR count). The van der Waals surface area contributed by atoms with Crippen LogP contribution in [0, 0.1) is 0 Å². The Kier molecular flexibility index (Phi) is 3.24. The van der Waals surface area contributed by atoms with Gasteiger partial charge in [-0.05, 0) is 58.7 Å². The first-order valence-corrected chi connectivity index (χ1v) is 8.25. The first-order chi connectivity index (χ1) is 10.4. The molecule has 0 radical (unpaired) electrons. The number of rotatable bonds is 4. The molecule has 3 aromatic rings. The SMILES string of the molecule is c1csc(CCNc2ccc3c(c2)Cc2ccccc2-3)c1. The molecule has 0 aliphatic heterocycles. The number of nitrogens with one attached hydrogen (secondary N) is 1. The van der Waals surface area contributed by atoms with Gasteiger partial charge in [0.2, 0.25) is 0 Å². The van der Waals surface area contributed by atoms with E-state index in [2.05, 4.69) is 65.3 Å². The molecule has 0 saturated heterocycles. The van der Waals surface area contributed by atoms with Crippen LogP contribution in [0.1, 0.15) is 16.0 Å². The smallest absolute Gasteiger partial charge is 0.0343 e. The molecule has 0 spiro atoms. The number of hydrogen-bond acceptors (Lipinski definition) is 2. The van der Waals surface area contributed by atoms with E-state index in [0.717, 1.165) is 19.4 Å². The predicted octanol–water partition coefficient (Wildman–Crippen LogP) is 4.97. The number of hydrogen-bond donors (Lipinski definition) is 1. The second-order valence-electron chi connectivity index (χ2n) is 5.46. The monoisotopic (exact) mass is 291 g/mol. The van der Waals surface area contributed by atoms with Gasteiger partial charge in [0.1, 0.15) is 0 Å². The Balaban J connectivity index is 1.48. The highest BCUT2D eigenvalue weighted by Crippen LogP contribution is 2.37. The minimum absolute atomic E-state index is 0.992. The number of thiophene rings is 1. The topological polar surface area (TPSA) is 12.0 Å². The van der Waals surface area contributed by atoms with Crippen LogP contribution in [-0.4, -0.2) is 6.54 Å². The lowest BCUT2D eigenvalue weighted by atomic mass is 10.1. The van der Waals surface area contributed by atoms with Gasteiger partial charge in [0.15, 0.2) is 0 Å². The van der Waals surface area contributed by atoms with Crippen LogP contribution in [0.5, 0.6) is 0 Å². The van der Waals surface area contributed by atoms with Crippen LogP contribution in [0.2, 0.25) is 0 Å². The van der Waals surface area contributed by atoms with E-state index in [-0.39, 0.29) is 0 Å². The molecule has 104 valence electrons. The van der Waals surface area contributed by atoms with E-state index in [0.29, 0.717) is 0 Å². The van der Waals surface area contributed by atoms with Crippen molar-refractivity contribution in [3.63, 3.8) is 0 Å². The molecule has 1 aliphatic rings. The minimum atomic E-state index is 0.992. The van der Waals surface area contributed by atoms with Crippen molar-refractivity contribution in [3.8, 4) is 11.1 Å². The Morgan fingerprint density at radius 1 is 0.905 bits per heavy atom. The average molecular weight is 291 g/mol. The van der Waals surface area contributed by atoms with Gasteiger partial charge in [-0.1, -0.05) is 36.4 Å². The highest BCUT2D eigenvalue weighted by molar-refractivity contribution is 7.09. The van der Waals surface area contributed by atoms with Crippen LogP contribution in [-0.2, 0) is 12.8 Å². The molecule has 21 heavy (non-hydrogen) atoms. The average Bonchev–Trinajstić information content (AvgIpc) is 3.13. The Bertz CT molecular complexity index is 759. The molecule has 1 N–H and O–H groups in total. The summed E-state index contributed by atoms with van der Waals surface area (Å²) in [6.07, 6.45) is 2.15. The number of fused-ring (bicyclic) bond motifs is 3. The van der Waals surface area contributed by atoms with E-state index in [4.69, 9.17) is 0 Å². The third-order valence-electron chi connectivity index (χ3n) is 4.07. The van der Waals surface area contributed by atoms with Crippen molar-refractivity contribution < 1.29 is 0 Å². The van der Waals surface area contributed by atoms with Gasteiger partial charge in [-0.25, -0.2) is 0 Å². The summed E-state index contributed by atoms with van der Waals surface area (Å²) in [7, 11) is 0. The van der Waals surface area contributed by atoms with E-state index < -0.39 is 0 Å². The zero-order valence-electron chi connectivity index (χ0n) is 11.8. The summed E-state index contributed by atoms with van der Waals surface area (Å²) in [6, 6.07) is 19.8. The first-order valence-electron chi connectivity index (χ1n) is 7.37. The standard InChI is InChI=1S/C19H17NS/c1-2-6-18-14(4-1)12-15-13-16(7-8-19(15)18)20-10-9-17-5-3-11-21-17/h1-8,11,13,20H,9-10,12H2. The summed E-state index contributed by atoms with van der Waals surface area (Å²) in [6.45, 7) is 0.992. The lowest BCUT2D eigenvalue weighted by Gasteiger charge is -2.08. The first kappa shape index (κ1) is 12.7. The summed E-state index contributed by atoms with van der Waals surface area (Å²) in [4.78, 5) is 1.44. The van der Waals surface area contributed by atoms with Crippen molar-refractivity contribution >= 4 is 17.0 Å². The summed E-state index contributed by atoms with van der Waals surface area (Å²) >= 11 is 1.83. The summed E-state index contributed by atoms with van der Waals surface area (Å²) in [5, 5.41) is 5.69. The molecule has 1 aromatic heterocycles. The lowest BCUT2D eigenvalue weighted by Crippen LogP contribution is -2.04. The van der Waals surface area contributed by atoms with Crippen molar-refractivity contribution in [3.05, 3.63) is 76.0 Å². The van der Waals surface area contributed by atoms with Crippen molar-refractivity contribution in [1.29, 1.82) is 0 Å². The normalized spacial score (nSPS) is 12.0. The molecular formula is C19H17NS. The molecule has 2 heteroatoms. The Morgan fingerprint density at radius 2 is 1.81 bits per heavy atom. The molecule has 0 atom stereocenters. The second kappa shape index (κ2) is 5.38.